The highest BCUT2D eigenvalue weighted by atomic mass is 16.8. The normalized spacial score (nSPS) is 29.3. The van der Waals surface area contributed by atoms with Crippen LogP contribution >= 0.6 is 0 Å². The van der Waals surface area contributed by atoms with Gasteiger partial charge in [0.05, 0.1) is 31.4 Å². The Morgan fingerprint density at radius 1 is 0.857 bits per heavy atom. The van der Waals surface area contributed by atoms with E-state index in [9.17, 15) is 19.5 Å². The number of nitrogens with zero attached hydrogens (tertiary/aromatic N) is 2. The molecule has 6 fully saturated rings. The summed E-state index contributed by atoms with van der Waals surface area (Å²) in [6.07, 6.45) is 4.97. The summed E-state index contributed by atoms with van der Waals surface area (Å²) in [5, 5.41) is 15.0. The van der Waals surface area contributed by atoms with Crippen LogP contribution in [0.15, 0.2) is 121 Å². The molecule has 4 aliphatic heterocycles. The Kier molecular flexibility index (Phi) is 13.3. The third kappa shape index (κ3) is 9.45. The van der Waals surface area contributed by atoms with Crippen molar-refractivity contribution in [3.63, 3.8) is 0 Å². The van der Waals surface area contributed by atoms with Gasteiger partial charge in [-0.05, 0) is 69.1 Å². The van der Waals surface area contributed by atoms with Gasteiger partial charge in [0, 0.05) is 37.4 Å². The molecule has 0 aromatic heterocycles. The summed E-state index contributed by atoms with van der Waals surface area (Å²) in [7, 11) is 1.57. The second kappa shape index (κ2) is 19.5. The second-order valence-electron chi connectivity index (χ2n) is 20.8. The van der Waals surface area contributed by atoms with E-state index in [2.05, 4.69) is 17.5 Å². The molecule has 4 aromatic rings. The van der Waals surface area contributed by atoms with Crippen LogP contribution in [0.2, 0.25) is 0 Å². The summed E-state index contributed by atoms with van der Waals surface area (Å²) >= 11 is 0. The van der Waals surface area contributed by atoms with Gasteiger partial charge in [0.1, 0.15) is 41.5 Å². The Labute approximate surface area is 409 Å². The summed E-state index contributed by atoms with van der Waals surface area (Å²) in [6, 6.07) is 33.4. The molecule has 11 atom stereocenters. The number of carbonyl (C=O) groups excluding carboxylic acids is 4. The quantitative estimate of drug-likeness (QED) is 0.0937. The largest absolute Gasteiger partial charge is 0.460 e. The Morgan fingerprint density at radius 2 is 1.51 bits per heavy atom. The first-order valence-corrected chi connectivity index (χ1v) is 24.7. The maximum Gasteiger partial charge on any atom is 0.327 e. The van der Waals surface area contributed by atoms with Gasteiger partial charge in [-0.25, -0.2) is 0 Å². The number of ether oxygens (including phenoxy) is 5. The first-order chi connectivity index (χ1) is 33.7. The van der Waals surface area contributed by atoms with Gasteiger partial charge in [-0.1, -0.05) is 127 Å². The van der Waals surface area contributed by atoms with Gasteiger partial charge in [-0.3, -0.25) is 24.0 Å². The van der Waals surface area contributed by atoms with Crippen LogP contribution in [0.5, 0.6) is 0 Å². The van der Waals surface area contributed by atoms with E-state index in [0.717, 1.165) is 36.0 Å². The van der Waals surface area contributed by atoms with Crippen molar-refractivity contribution in [2.24, 2.45) is 11.3 Å². The predicted molar refractivity (Wildman–Crippen MR) is 257 cm³/mol. The lowest BCUT2D eigenvalue weighted by molar-refractivity contribution is -0.214. The van der Waals surface area contributed by atoms with E-state index >= 15 is 4.79 Å². The number of hydrogen-bond donors (Lipinski definition) is 2. The number of rotatable bonds is 16. The van der Waals surface area contributed by atoms with E-state index in [-0.39, 0.29) is 32.2 Å². The number of aliphatic hydroxyl groups is 1. The lowest BCUT2D eigenvalue weighted by atomic mass is 9.62. The monoisotopic (exact) mass is 953 g/mol. The first kappa shape index (κ1) is 47.9. The summed E-state index contributed by atoms with van der Waals surface area (Å²) in [6.45, 7) is 5.00. The third-order valence-corrected chi connectivity index (χ3v) is 14.8. The molecule has 6 aliphatic rings. The molecule has 4 saturated heterocycles. The number of carbonyl (C=O) groups is 4. The Bertz CT molecular complexity index is 2510. The van der Waals surface area contributed by atoms with Crippen LogP contribution in [0.3, 0.4) is 0 Å². The molecule has 2 saturated carbocycles. The summed E-state index contributed by atoms with van der Waals surface area (Å²) in [5.74, 6) is -3.11. The molecule has 3 unspecified atom stereocenters. The average Bonchev–Trinajstić information content (AvgIpc) is 3.88. The van der Waals surface area contributed by atoms with Gasteiger partial charge in [0.15, 0.2) is 6.04 Å². The lowest BCUT2D eigenvalue weighted by Gasteiger charge is -2.50. The van der Waals surface area contributed by atoms with E-state index in [4.69, 9.17) is 28.5 Å². The zero-order chi connectivity index (χ0) is 48.8. The number of hydrogen-bond acceptors (Lipinski definition) is 12. The van der Waals surface area contributed by atoms with Gasteiger partial charge >= 0.3 is 11.9 Å². The Morgan fingerprint density at radius 3 is 2.16 bits per heavy atom. The molecule has 2 amide bonds. The van der Waals surface area contributed by atoms with Crippen LogP contribution in [-0.4, -0.2) is 113 Å². The number of aliphatic hydroxyl groups excluding tert-OH is 1. The number of nitrogens with one attached hydrogen (secondary N) is 1. The van der Waals surface area contributed by atoms with Crippen LogP contribution < -0.4 is 5.32 Å². The highest BCUT2D eigenvalue weighted by Gasteiger charge is 2.77. The summed E-state index contributed by atoms with van der Waals surface area (Å²) in [5.41, 5.74) is 1.79. The molecule has 0 spiro atoms. The van der Waals surface area contributed by atoms with Gasteiger partial charge in [-0.15, -0.1) is 0 Å². The van der Waals surface area contributed by atoms with E-state index in [1.165, 1.54) is 4.90 Å². The summed E-state index contributed by atoms with van der Waals surface area (Å²) in [4.78, 5) is 66.6. The minimum Gasteiger partial charge on any atom is -0.460 e. The highest BCUT2D eigenvalue weighted by molar-refractivity contribution is 5.96. The topological polar surface area (TPSA) is 166 Å². The maximum atomic E-state index is 16.0. The number of epoxide rings is 1. The molecular formula is C56H63N3O11. The van der Waals surface area contributed by atoms with Gasteiger partial charge < -0.3 is 39.0 Å². The zero-order valence-electron chi connectivity index (χ0n) is 40.2. The van der Waals surface area contributed by atoms with Crippen molar-refractivity contribution < 1.29 is 52.8 Å². The van der Waals surface area contributed by atoms with Crippen LogP contribution in [0.1, 0.15) is 87.1 Å². The fraction of sp³-hybridized carbons (Fsp3) is 0.464. The third-order valence-electron chi connectivity index (χ3n) is 14.8. The molecule has 368 valence electrons. The minimum absolute atomic E-state index is 0.0320. The van der Waals surface area contributed by atoms with Crippen molar-refractivity contribution in [2.45, 2.75) is 138 Å². The number of likely N-dealkylation sites (N-methyl/N-ethyl adjacent to an activating group) is 1. The van der Waals surface area contributed by atoms with E-state index in [1.54, 1.807) is 32.9 Å². The van der Waals surface area contributed by atoms with E-state index in [1.807, 2.05) is 115 Å². The van der Waals surface area contributed by atoms with Gasteiger partial charge in [-0.2, -0.15) is 5.06 Å². The molecule has 4 aromatic carbocycles. The molecule has 2 aliphatic carbocycles. The Balaban J connectivity index is 0.987. The molecular weight excluding hydrogens is 891 g/mol. The van der Waals surface area contributed by atoms with Crippen molar-refractivity contribution in [1.29, 1.82) is 0 Å². The highest BCUT2D eigenvalue weighted by Crippen LogP contribution is 2.60. The molecule has 2 bridgehead atoms. The molecule has 70 heavy (non-hydrogen) atoms. The van der Waals surface area contributed by atoms with Crippen LogP contribution in [0.4, 0.5) is 0 Å². The number of allylic oxidation sites excluding steroid dienone is 1. The van der Waals surface area contributed by atoms with Crippen molar-refractivity contribution in [3.8, 4) is 0 Å². The fourth-order valence-electron chi connectivity index (χ4n) is 11.3. The number of benzene rings is 4. The molecule has 4 heterocycles. The first-order valence-electron chi connectivity index (χ1n) is 24.7. The van der Waals surface area contributed by atoms with Crippen molar-refractivity contribution >= 4 is 29.8 Å². The zero-order valence-corrected chi connectivity index (χ0v) is 40.2. The summed E-state index contributed by atoms with van der Waals surface area (Å²) < 4.78 is 31.9. The molecule has 14 nitrogen and oxygen atoms in total. The van der Waals surface area contributed by atoms with Crippen molar-refractivity contribution in [1.82, 2.24) is 15.3 Å². The number of fused-ring (bicyclic) bond motifs is 5. The smallest absolute Gasteiger partial charge is 0.327 e. The van der Waals surface area contributed by atoms with E-state index < -0.39 is 89.7 Å². The standard InChI is InChI=1S/C56H63N3O11/c1-54(2,3)67-46(61)29-27-41(34-60)57-51(62)42(30-36-14-8-5-9-15-36)58(4)53(64)55-32-45-47-48(69-56(68-47,39-16-10-6-11-17-39)40-18-12-7-13-19-40)50(55)70-59(49(55)52(63)66-45)33-38-24-21-35(22-25-38)20-23-37-26-28-43-44(31-37)65-43/h5-25,37,41-45,47-50,60H,26-34H2,1-4H3,(H,57,62)/t37?,41-,42+,43?,44?,45+,47-,48-,49-,50+,55-/m0/s1. The SMILES string of the molecule is CN(C(=O)[C@@]12C[C@H]3OC(=O)[C@@H]1N(Cc1ccc(C=CC4CCC5OC5C4)cc1)O[C@@H]2[C@H]1OC(c2ccccc2)(c2ccccc2)O[C@H]13)[C@H](Cc1ccccc1)C(=O)N[C@H](CO)CCC(=O)OC(C)(C)C. The number of hydroxylamine groups is 2. The Hall–Kier alpha value is -5.74. The molecule has 10 rings (SSSR count). The van der Waals surface area contributed by atoms with Gasteiger partial charge in [0.2, 0.25) is 17.6 Å². The van der Waals surface area contributed by atoms with Crippen LogP contribution in [0, 0.1) is 11.3 Å². The van der Waals surface area contributed by atoms with Crippen LogP contribution in [-0.2, 0) is 66.5 Å². The minimum atomic E-state index is -1.61. The number of amides is 2. The predicted octanol–water partition coefficient (Wildman–Crippen LogP) is 6.42. The van der Waals surface area contributed by atoms with Crippen molar-refractivity contribution in [3.05, 3.63) is 149 Å². The van der Waals surface area contributed by atoms with E-state index in [0.29, 0.717) is 29.3 Å². The van der Waals surface area contributed by atoms with Crippen molar-refractivity contribution in [2.75, 3.05) is 13.7 Å². The van der Waals surface area contributed by atoms with Gasteiger partial charge in [0.25, 0.3) is 0 Å². The fourth-order valence-corrected chi connectivity index (χ4v) is 11.3. The average molecular weight is 954 g/mol. The number of esters is 2. The van der Waals surface area contributed by atoms with Crippen LogP contribution in [0.25, 0.3) is 6.08 Å². The second-order valence-corrected chi connectivity index (χ2v) is 20.8. The molecule has 14 heteroatoms. The molecule has 2 N–H and O–H groups in total. The maximum absolute atomic E-state index is 16.0. The molecule has 0 radical (unpaired) electrons. The lowest BCUT2D eigenvalue weighted by Crippen LogP contribution is -2.70.